The van der Waals surface area contributed by atoms with E-state index in [1.807, 2.05) is 31.2 Å². The van der Waals surface area contributed by atoms with Gasteiger partial charge in [0.05, 0.1) is 11.7 Å². The summed E-state index contributed by atoms with van der Waals surface area (Å²) in [5.41, 5.74) is 2.42. The van der Waals surface area contributed by atoms with Gasteiger partial charge in [0, 0.05) is 18.0 Å². The lowest BCUT2D eigenvalue weighted by Crippen LogP contribution is -2.26. The molecule has 0 aliphatic rings. The summed E-state index contributed by atoms with van der Waals surface area (Å²) in [6.07, 6.45) is 6.54. The van der Waals surface area contributed by atoms with Crippen molar-refractivity contribution >= 4 is 5.91 Å². The zero-order valence-corrected chi connectivity index (χ0v) is 12.0. The van der Waals surface area contributed by atoms with Crippen LogP contribution in [0.25, 0.3) is 5.69 Å². The largest absolute Gasteiger partial charge is 0.345 e. The Morgan fingerprint density at radius 2 is 2.00 bits per heavy atom. The molecule has 2 aromatic heterocycles. The number of benzene rings is 1. The van der Waals surface area contributed by atoms with Crippen LogP contribution in [0.5, 0.6) is 0 Å². The zero-order chi connectivity index (χ0) is 15.4. The Hall–Kier alpha value is -3.02. The molecule has 1 N–H and O–H groups in total. The van der Waals surface area contributed by atoms with E-state index in [4.69, 9.17) is 0 Å². The van der Waals surface area contributed by atoms with Crippen molar-refractivity contribution < 1.29 is 4.79 Å². The second-order valence-electron chi connectivity index (χ2n) is 4.87. The fourth-order valence-electron chi connectivity index (χ4n) is 2.10. The van der Waals surface area contributed by atoms with Gasteiger partial charge in [-0.15, -0.1) is 0 Å². The van der Waals surface area contributed by atoms with Crippen LogP contribution in [0.2, 0.25) is 0 Å². The Morgan fingerprint density at radius 3 is 2.64 bits per heavy atom. The van der Waals surface area contributed by atoms with Crippen LogP contribution in [0.3, 0.4) is 0 Å². The first kappa shape index (κ1) is 13.9. The topological polar surface area (TPSA) is 72.7 Å². The molecule has 1 amide bonds. The standard InChI is InChI=1S/C16H15N5O/c1-12(14-3-2-8-17-9-14)20-16(22)13-4-6-15(7-5-13)21-11-18-10-19-21/h2-12H,1H3,(H,20,22). The second-order valence-corrected chi connectivity index (χ2v) is 4.87. The summed E-state index contributed by atoms with van der Waals surface area (Å²) in [5, 5.41) is 7.00. The minimum atomic E-state index is -0.124. The number of carbonyl (C=O) groups excluding carboxylic acids is 1. The number of hydrogen-bond acceptors (Lipinski definition) is 4. The predicted molar refractivity (Wildman–Crippen MR) is 81.5 cm³/mol. The van der Waals surface area contributed by atoms with Gasteiger partial charge in [-0.1, -0.05) is 6.07 Å². The highest BCUT2D eigenvalue weighted by atomic mass is 16.1. The van der Waals surface area contributed by atoms with Gasteiger partial charge in [0.2, 0.25) is 0 Å². The molecule has 2 heterocycles. The molecule has 0 aliphatic carbocycles. The molecule has 6 heteroatoms. The van der Waals surface area contributed by atoms with Gasteiger partial charge >= 0.3 is 0 Å². The third-order valence-corrected chi connectivity index (χ3v) is 3.34. The van der Waals surface area contributed by atoms with Crippen molar-refractivity contribution in [3.8, 4) is 5.69 Å². The third kappa shape index (κ3) is 3.01. The number of aromatic nitrogens is 4. The van der Waals surface area contributed by atoms with Gasteiger partial charge in [0.15, 0.2) is 0 Å². The highest BCUT2D eigenvalue weighted by Crippen LogP contribution is 2.12. The molecule has 3 rings (SSSR count). The summed E-state index contributed by atoms with van der Waals surface area (Å²) in [6.45, 7) is 1.93. The summed E-state index contributed by atoms with van der Waals surface area (Å²) in [4.78, 5) is 20.2. The van der Waals surface area contributed by atoms with Crippen LogP contribution in [-0.2, 0) is 0 Å². The molecule has 0 saturated heterocycles. The molecule has 22 heavy (non-hydrogen) atoms. The SMILES string of the molecule is CC(NC(=O)c1ccc(-n2cncn2)cc1)c1cccnc1. The minimum absolute atomic E-state index is 0.101. The molecule has 0 aliphatic heterocycles. The Kier molecular flexibility index (Phi) is 3.91. The van der Waals surface area contributed by atoms with Crippen molar-refractivity contribution in [3.05, 3.63) is 72.6 Å². The molecule has 1 aromatic carbocycles. The van der Waals surface area contributed by atoms with Gasteiger partial charge in [0.25, 0.3) is 5.91 Å². The first-order chi connectivity index (χ1) is 10.7. The minimum Gasteiger partial charge on any atom is -0.345 e. The number of nitrogens with one attached hydrogen (secondary N) is 1. The molecule has 0 saturated carbocycles. The van der Waals surface area contributed by atoms with Gasteiger partial charge in [-0.2, -0.15) is 5.10 Å². The number of nitrogens with zero attached hydrogens (tertiary/aromatic N) is 4. The van der Waals surface area contributed by atoms with Gasteiger partial charge in [-0.25, -0.2) is 9.67 Å². The monoisotopic (exact) mass is 293 g/mol. The molecule has 0 radical (unpaired) electrons. The first-order valence-electron chi connectivity index (χ1n) is 6.90. The van der Waals surface area contributed by atoms with Crippen LogP contribution < -0.4 is 5.32 Å². The van der Waals surface area contributed by atoms with E-state index < -0.39 is 0 Å². The maximum atomic E-state index is 12.3. The van der Waals surface area contributed by atoms with E-state index in [1.54, 1.807) is 35.5 Å². The Bertz CT molecular complexity index is 738. The molecular weight excluding hydrogens is 278 g/mol. The predicted octanol–water partition coefficient (Wildman–Crippen LogP) is 2.15. The Balaban J connectivity index is 1.70. The van der Waals surface area contributed by atoms with Crippen molar-refractivity contribution in [2.75, 3.05) is 0 Å². The lowest BCUT2D eigenvalue weighted by molar-refractivity contribution is 0.0940. The van der Waals surface area contributed by atoms with Gasteiger partial charge < -0.3 is 5.32 Å². The zero-order valence-electron chi connectivity index (χ0n) is 12.0. The summed E-state index contributed by atoms with van der Waals surface area (Å²) >= 11 is 0. The summed E-state index contributed by atoms with van der Waals surface area (Å²) < 4.78 is 1.64. The molecule has 0 bridgehead atoms. The van der Waals surface area contributed by atoms with Gasteiger partial charge in [0.1, 0.15) is 12.7 Å². The van der Waals surface area contributed by atoms with Gasteiger partial charge in [-0.05, 0) is 42.8 Å². The van der Waals surface area contributed by atoms with E-state index in [0.717, 1.165) is 11.3 Å². The lowest BCUT2D eigenvalue weighted by Gasteiger charge is -2.14. The quantitative estimate of drug-likeness (QED) is 0.800. The van der Waals surface area contributed by atoms with E-state index in [2.05, 4.69) is 20.4 Å². The Labute approximate surface area is 127 Å². The normalized spacial score (nSPS) is 11.9. The van der Waals surface area contributed by atoms with Crippen molar-refractivity contribution in [1.82, 2.24) is 25.1 Å². The molecule has 110 valence electrons. The van der Waals surface area contributed by atoms with Crippen LogP contribution in [0, 0.1) is 0 Å². The average Bonchev–Trinajstić information content (AvgIpc) is 3.10. The van der Waals surface area contributed by atoms with Crippen LogP contribution in [-0.4, -0.2) is 25.7 Å². The second kappa shape index (κ2) is 6.17. The van der Waals surface area contributed by atoms with E-state index in [9.17, 15) is 4.79 Å². The molecule has 0 fully saturated rings. The molecular formula is C16H15N5O. The lowest BCUT2D eigenvalue weighted by atomic mass is 10.1. The van der Waals surface area contributed by atoms with E-state index >= 15 is 0 Å². The summed E-state index contributed by atoms with van der Waals surface area (Å²) in [5.74, 6) is -0.124. The summed E-state index contributed by atoms with van der Waals surface area (Å²) in [6, 6.07) is 10.9. The summed E-state index contributed by atoms with van der Waals surface area (Å²) in [7, 11) is 0. The first-order valence-corrected chi connectivity index (χ1v) is 6.90. The maximum absolute atomic E-state index is 12.3. The number of hydrogen-bond donors (Lipinski definition) is 1. The highest BCUT2D eigenvalue weighted by molar-refractivity contribution is 5.94. The van der Waals surface area contributed by atoms with Crippen molar-refractivity contribution in [3.63, 3.8) is 0 Å². The number of carbonyl (C=O) groups is 1. The van der Waals surface area contributed by atoms with Crippen molar-refractivity contribution in [1.29, 1.82) is 0 Å². The average molecular weight is 293 g/mol. The number of amides is 1. The van der Waals surface area contributed by atoms with Crippen molar-refractivity contribution in [2.45, 2.75) is 13.0 Å². The van der Waals surface area contributed by atoms with Crippen LogP contribution in [0.1, 0.15) is 28.9 Å². The molecule has 1 unspecified atom stereocenters. The molecule has 6 nitrogen and oxygen atoms in total. The Morgan fingerprint density at radius 1 is 1.18 bits per heavy atom. The molecule has 0 spiro atoms. The number of pyridine rings is 1. The van der Waals surface area contributed by atoms with E-state index in [0.29, 0.717) is 5.56 Å². The molecule has 1 atom stereocenters. The molecule has 3 aromatic rings. The fourth-order valence-corrected chi connectivity index (χ4v) is 2.10. The fraction of sp³-hybridized carbons (Fsp3) is 0.125. The van der Waals surface area contributed by atoms with E-state index in [1.165, 1.54) is 6.33 Å². The van der Waals surface area contributed by atoms with Gasteiger partial charge in [-0.3, -0.25) is 9.78 Å². The highest BCUT2D eigenvalue weighted by Gasteiger charge is 2.11. The number of rotatable bonds is 4. The maximum Gasteiger partial charge on any atom is 0.251 e. The van der Waals surface area contributed by atoms with Crippen molar-refractivity contribution in [2.24, 2.45) is 0 Å². The van der Waals surface area contributed by atoms with E-state index in [-0.39, 0.29) is 11.9 Å². The van der Waals surface area contributed by atoms with Crippen LogP contribution in [0.4, 0.5) is 0 Å². The smallest absolute Gasteiger partial charge is 0.251 e. The van der Waals surface area contributed by atoms with Crippen LogP contribution in [0.15, 0.2) is 61.4 Å². The van der Waals surface area contributed by atoms with Crippen LogP contribution >= 0.6 is 0 Å². The third-order valence-electron chi connectivity index (χ3n) is 3.34.